The molecule has 0 fully saturated rings. The molecule has 0 saturated heterocycles. The van der Waals surface area contributed by atoms with Gasteiger partial charge >= 0.3 is 0 Å². The van der Waals surface area contributed by atoms with E-state index in [0.29, 0.717) is 19.6 Å². The van der Waals surface area contributed by atoms with Crippen molar-refractivity contribution in [2.24, 2.45) is 0 Å². The Hall–Kier alpha value is -0.870. The van der Waals surface area contributed by atoms with Crippen molar-refractivity contribution >= 4 is 11.6 Å². The van der Waals surface area contributed by atoms with Gasteiger partial charge in [0.05, 0.1) is 11.6 Å². The van der Waals surface area contributed by atoms with Crippen LogP contribution in [0.2, 0.25) is 5.02 Å². The normalized spacial score (nSPS) is 10.2. The second-order valence-corrected chi connectivity index (χ2v) is 3.07. The molecule has 1 rings (SSSR count). The van der Waals surface area contributed by atoms with Crippen molar-refractivity contribution in [3.05, 3.63) is 23.1 Å². The van der Waals surface area contributed by atoms with Crippen LogP contribution in [0.15, 0.2) is 12.3 Å². The first-order chi connectivity index (χ1) is 6.74. The Morgan fingerprint density at radius 1 is 1.50 bits per heavy atom. The number of methoxy groups -OCH3 is 1. The third-order valence-corrected chi connectivity index (χ3v) is 1.71. The summed E-state index contributed by atoms with van der Waals surface area (Å²) >= 11 is 5.52. The Bertz CT molecular complexity index is 296. The Balaban J connectivity index is 2.42. The summed E-state index contributed by atoms with van der Waals surface area (Å²) in [6.45, 7) is 0.953. The molecule has 0 radical (unpaired) electrons. The third kappa shape index (κ3) is 3.47. The first-order valence-electron chi connectivity index (χ1n) is 4.17. The first-order valence-corrected chi connectivity index (χ1v) is 4.54. The highest BCUT2D eigenvalue weighted by molar-refractivity contribution is 6.30. The molecule has 0 aromatic carbocycles. The van der Waals surface area contributed by atoms with Gasteiger partial charge in [0, 0.05) is 26.3 Å². The predicted octanol–water partition coefficient (Wildman–Crippen LogP) is 2.29. The van der Waals surface area contributed by atoms with Crippen LogP contribution in [-0.4, -0.2) is 25.3 Å². The quantitative estimate of drug-likeness (QED) is 0.712. The van der Waals surface area contributed by atoms with Gasteiger partial charge in [-0.3, -0.25) is 0 Å². The van der Waals surface area contributed by atoms with Crippen molar-refractivity contribution < 1.29 is 13.9 Å². The molecule has 0 spiro atoms. The van der Waals surface area contributed by atoms with E-state index in [9.17, 15) is 4.39 Å². The van der Waals surface area contributed by atoms with Crippen LogP contribution in [0.5, 0.6) is 5.88 Å². The number of pyridine rings is 1. The van der Waals surface area contributed by atoms with Crippen LogP contribution < -0.4 is 4.74 Å². The van der Waals surface area contributed by atoms with Gasteiger partial charge in [-0.1, -0.05) is 11.6 Å². The molecule has 0 atom stereocenters. The van der Waals surface area contributed by atoms with Gasteiger partial charge in [0.15, 0.2) is 5.82 Å². The van der Waals surface area contributed by atoms with Crippen LogP contribution in [0, 0.1) is 5.82 Å². The van der Waals surface area contributed by atoms with Gasteiger partial charge in [0.2, 0.25) is 5.88 Å². The fraction of sp³-hybridized carbons (Fsp3) is 0.444. The molecule has 0 aliphatic carbocycles. The molecule has 0 bridgehead atoms. The summed E-state index contributed by atoms with van der Waals surface area (Å²) in [4.78, 5) is 3.71. The van der Waals surface area contributed by atoms with E-state index in [1.807, 2.05) is 0 Å². The topological polar surface area (TPSA) is 31.4 Å². The fourth-order valence-corrected chi connectivity index (χ4v) is 1.02. The maximum Gasteiger partial charge on any atom is 0.250 e. The zero-order chi connectivity index (χ0) is 10.4. The lowest BCUT2D eigenvalue weighted by molar-refractivity contribution is 0.168. The molecular weight excluding hydrogens is 209 g/mol. The van der Waals surface area contributed by atoms with Gasteiger partial charge in [-0.2, -0.15) is 0 Å². The van der Waals surface area contributed by atoms with E-state index >= 15 is 0 Å². The highest BCUT2D eigenvalue weighted by atomic mass is 35.5. The molecule has 78 valence electrons. The molecule has 3 nitrogen and oxygen atoms in total. The average molecular weight is 220 g/mol. The lowest BCUT2D eigenvalue weighted by Gasteiger charge is -2.05. The number of rotatable bonds is 5. The van der Waals surface area contributed by atoms with Crippen molar-refractivity contribution in [2.75, 3.05) is 20.3 Å². The van der Waals surface area contributed by atoms with Crippen LogP contribution >= 0.6 is 11.6 Å². The highest BCUT2D eigenvalue weighted by Crippen LogP contribution is 2.17. The minimum Gasteiger partial charge on any atom is -0.476 e. The largest absolute Gasteiger partial charge is 0.476 e. The Kier molecular flexibility index (Phi) is 4.62. The smallest absolute Gasteiger partial charge is 0.250 e. The van der Waals surface area contributed by atoms with Gasteiger partial charge in [0.25, 0.3) is 0 Å². The standard InChI is InChI=1S/C9H11ClFNO2/c1-13-3-2-4-14-9-8(11)5-7(10)6-12-9/h5-6H,2-4H2,1H3. The number of hydrogen-bond acceptors (Lipinski definition) is 3. The zero-order valence-corrected chi connectivity index (χ0v) is 8.55. The molecule has 0 aliphatic rings. The number of nitrogens with zero attached hydrogens (tertiary/aromatic N) is 1. The van der Waals surface area contributed by atoms with E-state index in [4.69, 9.17) is 21.1 Å². The lowest BCUT2D eigenvalue weighted by atomic mass is 10.4. The summed E-state index contributed by atoms with van der Waals surface area (Å²) in [5.74, 6) is -0.569. The molecule has 1 aromatic rings. The van der Waals surface area contributed by atoms with E-state index in [1.165, 1.54) is 12.3 Å². The number of aromatic nitrogens is 1. The van der Waals surface area contributed by atoms with Crippen molar-refractivity contribution in [1.82, 2.24) is 4.98 Å². The average Bonchev–Trinajstić information content (AvgIpc) is 2.15. The van der Waals surface area contributed by atoms with Crippen molar-refractivity contribution in [2.45, 2.75) is 6.42 Å². The molecule has 5 heteroatoms. The fourth-order valence-electron chi connectivity index (χ4n) is 0.880. The highest BCUT2D eigenvalue weighted by Gasteiger charge is 2.04. The van der Waals surface area contributed by atoms with E-state index in [-0.39, 0.29) is 10.9 Å². The lowest BCUT2D eigenvalue weighted by Crippen LogP contribution is -2.03. The molecular formula is C9H11ClFNO2. The molecule has 0 saturated carbocycles. The zero-order valence-electron chi connectivity index (χ0n) is 7.80. The number of ether oxygens (including phenoxy) is 2. The van der Waals surface area contributed by atoms with Crippen molar-refractivity contribution in [3.8, 4) is 5.88 Å². The summed E-state index contributed by atoms with van der Waals surface area (Å²) in [7, 11) is 1.60. The predicted molar refractivity (Wildman–Crippen MR) is 51.2 cm³/mol. The Labute approximate surface area is 86.8 Å². The van der Waals surface area contributed by atoms with Crippen LogP contribution in [0.25, 0.3) is 0 Å². The maximum absolute atomic E-state index is 13.1. The molecule has 0 unspecified atom stereocenters. The minimum absolute atomic E-state index is 0.0227. The van der Waals surface area contributed by atoms with Crippen LogP contribution in [-0.2, 0) is 4.74 Å². The molecule has 0 amide bonds. The minimum atomic E-state index is -0.546. The molecule has 0 N–H and O–H groups in total. The second-order valence-electron chi connectivity index (χ2n) is 2.64. The Morgan fingerprint density at radius 2 is 2.29 bits per heavy atom. The molecule has 1 aromatic heterocycles. The SMILES string of the molecule is COCCCOc1ncc(Cl)cc1F. The number of hydrogen-bond donors (Lipinski definition) is 0. The van der Waals surface area contributed by atoms with Crippen LogP contribution in [0.4, 0.5) is 4.39 Å². The molecule has 1 heterocycles. The summed E-state index contributed by atoms with van der Waals surface area (Å²) in [5, 5.41) is 0.256. The van der Waals surface area contributed by atoms with Gasteiger partial charge in [-0.05, 0) is 6.07 Å². The van der Waals surface area contributed by atoms with Gasteiger partial charge in [-0.15, -0.1) is 0 Å². The summed E-state index contributed by atoms with van der Waals surface area (Å²) in [6, 6.07) is 1.17. The maximum atomic E-state index is 13.1. The van der Waals surface area contributed by atoms with Crippen LogP contribution in [0.1, 0.15) is 6.42 Å². The summed E-state index contributed by atoms with van der Waals surface area (Å²) in [6.07, 6.45) is 2.04. The van der Waals surface area contributed by atoms with Crippen molar-refractivity contribution in [3.63, 3.8) is 0 Å². The monoisotopic (exact) mass is 219 g/mol. The van der Waals surface area contributed by atoms with E-state index in [2.05, 4.69) is 4.98 Å². The van der Waals surface area contributed by atoms with Crippen molar-refractivity contribution in [1.29, 1.82) is 0 Å². The third-order valence-electron chi connectivity index (χ3n) is 1.51. The number of halogens is 2. The summed E-state index contributed by atoms with van der Waals surface area (Å²) in [5.41, 5.74) is 0. The molecule has 0 aliphatic heterocycles. The summed E-state index contributed by atoms with van der Waals surface area (Å²) < 4.78 is 22.9. The van der Waals surface area contributed by atoms with E-state index < -0.39 is 5.82 Å². The Morgan fingerprint density at radius 3 is 2.93 bits per heavy atom. The molecule has 14 heavy (non-hydrogen) atoms. The van der Waals surface area contributed by atoms with Gasteiger partial charge in [0.1, 0.15) is 0 Å². The van der Waals surface area contributed by atoms with E-state index in [1.54, 1.807) is 7.11 Å². The second kappa shape index (κ2) is 5.78. The van der Waals surface area contributed by atoms with E-state index in [0.717, 1.165) is 0 Å². The van der Waals surface area contributed by atoms with Gasteiger partial charge in [-0.25, -0.2) is 9.37 Å². The van der Waals surface area contributed by atoms with Crippen LogP contribution in [0.3, 0.4) is 0 Å². The van der Waals surface area contributed by atoms with Gasteiger partial charge < -0.3 is 9.47 Å². The first kappa shape index (κ1) is 11.2.